The third-order valence-corrected chi connectivity index (χ3v) is 5.85. The minimum absolute atomic E-state index is 0.890. The summed E-state index contributed by atoms with van der Waals surface area (Å²) in [7, 11) is 0. The van der Waals surface area contributed by atoms with E-state index in [1.165, 1.54) is 89.9 Å². The second-order valence-corrected chi connectivity index (χ2v) is 9.44. The number of unbranched alkanes of at least 4 members (excludes halogenated alkanes) is 6. The Kier molecular flexibility index (Phi) is 39.2. The van der Waals surface area contributed by atoms with E-state index in [0.29, 0.717) is 0 Å². The van der Waals surface area contributed by atoms with Crippen LogP contribution in [0.25, 0.3) is 0 Å². The van der Waals surface area contributed by atoms with Gasteiger partial charge in [0.1, 0.15) is 0 Å². The predicted octanol–water partition coefficient (Wildman–Crippen LogP) is 12.4. The van der Waals surface area contributed by atoms with Gasteiger partial charge in [0.2, 0.25) is 0 Å². The number of rotatable bonds is 20. The largest absolute Gasteiger partial charge is 0.103 e. The van der Waals surface area contributed by atoms with E-state index in [-0.39, 0.29) is 0 Å². The molecule has 0 aromatic heterocycles. The van der Waals surface area contributed by atoms with Crippen molar-refractivity contribution in [1.82, 2.24) is 0 Å². The van der Waals surface area contributed by atoms with E-state index in [1.807, 2.05) is 25.2 Å². The summed E-state index contributed by atoms with van der Waals surface area (Å²) in [4.78, 5) is 0. The molecule has 0 nitrogen and oxygen atoms in total. The van der Waals surface area contributed by atoms with Gasteiger partial charge in [-0.25, -0.2) is 0 Å². The van der Waals surface area contributed by atoms with Crippen LogP contribution in [0.3, 0.4) is 0 Å². The van der Waals surface area contributed by atoms with Crippen LogP contribution in [0, 0.1) is 11.8 Å². The molecule has 0 saturated heterocycles. The fourth-order valence-electron chi connectivity index (χ4n) is 3.49. The van der Waals surface area contributed by atoms with Gasteiger partial charge in [0.15, 0.2) is 0 Å². The van der Waals surface area contributed by atoms with E-state index in [0.717, 1.165) is 18.3 Å². The Bertz CT molecular complexity index is 442. The fourth-order valence-corrected chi connectivity index (χ4v) is 3.49. The van der Waals surface area contributed by atoms with Gasteiger partial charge in [0, 0.05) is 0 Å². The molecule has 0 radical (unpaired) electrons. The van der Waals surface area contributed by atoms with E-state index in [9.17, 15) is 0 Å². The molecule has 0 N–H and O–H groups in total. The molecule has 0 aromatic rings. The Labute approximate surface area is 217 Å². The molecule has 0 amide bonds. The SMILES string of the molecule is C=CCCCC=CC.C=CCCCCC(C)CCC=CC.C=CCCCCC(C)CCC=CC. The van der Waals surface area contributed by atoms with Crippen molar-refractivity contribution in [3.63, 3.8) is 0 Å². The average Bonchev–Trinajstić information content (AvgIpc) is 2.84. The molecule has 0 aliphatic rings. The number of hydrogen-bond acceptors (Lipinski definition) is 0. The molecule has 0 bridgehead atoms. The number of allylic oxidation sites excluding steroid dienone is 9. The molecule has 0 rings (SSSR count). The highest BCUT2D eigenvalue weighted by Gasteiger charge is 2.00. The van der Waals surface area contributed by atoms with Crippen LogP contribution in [0.4, 0.5) is 0 Å². The van der Waals surface area contributed by atoms with E-state index >= 15 is 0 Å². The summed E-state index contributed by atoms with van der Waals surface area (Å²) in [6, 6.07) is 0. The third kappa shape index (κ3) is 40.8. The van der Waals surface area contributed by atoms with Crippen LogP contribution in [0.5, 0.6) is 0 Å². The molecule has 198 valence electrons. The zero-order valence-corrected chi connectivity index (χ0v) is 24.1. The predicted molar refractivity (Wildman–Crippen MR) is 163 cm³/mol. The highest BCUT2D eigenvalue weighted by atomic mass is 14.1. The van der Waals surface area contributed by atoms with Crippen LogP contribution < -0.4 is 0 Å². The zero-order chi connectivity index (χ0) is 26.1. The molecule has 0 spiro atoms. The average molecular weight is 471 g/mol. The molecule has 0 aliphatic carbocycles. The Morgan fingerprint density at radius 2 is 0.794 bits per heavy atom. The molecule has 0 saturated carbocycles. The van der Waals surface area contributed by atoms with Crippen molar-refractivity contribution in [2.45, 2.75) is 131 Å². The van der Waals surface area contributed by atoms with Crippen molar-refractivity contribution in [1.29, 1.82) is 0 Å². The van der Waals surface area contributed by atoms with Gasteiger partial charge in [-0.1, -0.05) is 94.2 Å². The van der Waals surface area contributed by atoms with Crippen LogP contribution in [0.2, 0.25) is 0 Å². The lowest BCUT2D eigenvalue weighted by Crippen LogP contribution is -1.93. The highest BCUT2D eigenvalue weighted by molar-refractivity contribution is 4.79. The molecule has 0 aliphatic heterocycles. The molecular weight excluding hydrogens is 408 g/mol. The first-order valence-electron chi connectivity index (χ1n) is 14.2. The van der Waals surface area contributed by atoms with E-state index < -0.39 is 0 Å². The fraction of sp³-hybridized carbons (Fsp3) is 0.647. The Morgan fingerprint density at radius 3 is 1.15 bits per heavy atom. The first-order chi connectivity index (χ1) is 16.5. The summed E-state index contributed by atoms with van der Waals surface area (Å²) in [5.74, 6) is 1.78. The molecule has 34 heavy (non-hydrogen) atoms. The quantitative estimate of drug-likeness (QED) is 0.122. The Morgan fingerprint density at radius 1 is 0.441 bits per heavy atom. The lowest BCUT2D eigenvalue weighted by atomic mass is 9.98. The van der Waals surface area contributed by atoms with E-state index in [4.69, 9.17) is 0 Å². The van der Waals surface area contributed by atoms with Crippen molar-refractivity contribution in [2.24, 2.45) is 11.8 Å². The van der Waals surface area contributed by atoms with Gasteiger partial charge in [0.25, 0.3) is 0 Å². The molecule has 0 heteroatoms. The maximum atomic E-state index is 3.73. The topological polar surface area (TPSA) is 0 Å². The van der Waals surface area contributed by atoms with Crippen LogP contribution in [0.1, 0.15) is 131 Å². The maximum Gasteiger partial charge on any atom is -0.0348 e. The molecule has 0 aromatic carbocycles. The summed E-state index contributed by atoms with van der Waals surface area (Å²) in [6.45, 7) is 22.0. The van der Waals surface area contributed by atoms with Crippen molar-refractivity contribution >= 4 is 0 Å². The van der Waals surface area contributed by atoms with E-state index in [1.54, 1.807) is 0 Å². The van der Waals surface area contributed by atoms with Gasteiger partial charge < -0.3 is 0 Å². The minimum Gasteiger partial charge on any atom is -0.103 e. The lowest BCUT2D eigenvalue weighted by Gasteiger charge is -2.08. The van der Waals surface area contributed by atoms with Gasteiger partial charge in [-0.2, -0.15) is 0 Å². The van der Waals surface area contributed by atoms with Gasteiger partial charge >= 0.3 is 0 Å². The molecule has 2 atom stereocenters. The van der Waals surface area contributed by atoms with Crippen molar-refractivity contribution in [3.05, 3.63) is 74.4 Å². The van der Waals surface area contributed by atoms with Crippen LogP contribution in [-0.4, -0.2) is 0 Å². The van der Waals surface area contributed by atoms with Gasteiger partial charge in [-0.15, -0.1) is 19.7 Å². The summed E-state index contributed by atoms with van der Waals surface area (Å²) < 4.78 is 0. The van der Waals surface area contributed by atoms with Gasteiger partial charge in [-0.3, -0.25) is 0 Å². The maximum absolute atomic E-state index is 3.73. The van der Waals surface area contributed by atoms with Crippen LogP contribution in [-0.2, 0) is 0 Å². The molecule has 0 heterocycles. The second-order valence-electron chi connectivity index (χ2n) is 9.44. The van der Waals surface area contributed by atoms with Crippen molar-refractivity contribution in [2.75, 3.05) is 0 Å². The van der Waals surface area contributed by atoms with Crippen LogP contribution >= 0.6 is 0 Å². The first kappa shape index (κ1) is 37.0. The smallest absolute Gasteiger partial charge is 0.0348 e. The molecular formula is C34H62. The number of hydrogen-bond donors (Lipinski definition) is 0. The molecule has 0 fully saturated rings. The Hall–Kier alpha value is -1.56. The minimum atomic E-state index is 0.890. The first-order valence-corrected chi connectivity index (χ1v) is 14.2. The highest BCUT2D eigenvalue weighted by Crippen LogP contribution is 2.16. The zero-order valence-electron chi connectivity index (χ0n) is 24.1. The summed E-state index contributed by atoms with van der Waals surface area (Å²) in [5, 5.41) is 0. The monoisotopic (exact) mass is 470 g/mol. The summed E-state index contributed by atoms with van der Waals surface area (Å²) in [6.07, 6.45) is 38.3. The second kappa shape index (κ2) is 36.0. The van der Waals surface area contributed by atoms with Crippen molar-refractivity contribution < 1.29 is 0 Å². The third-order valence-electron chi connectivity index (χ3n) is 5.85. The van der Waals surface area contributed by atoms with Gasteiger partial charge in [0.05, 0.1) is 0 Å². The lowest BCUT2D eigenvalue weighted by molar-refractivity contribution is 0.470. The van der Waals surface area contributed by atoms with Crippen LogP contribution in [0.15, 0.2) is 74.4 Å². The molecule has 2 unspecified atom stereocenters. The Balaban J connectivity index is -0.000000438. The van der Waals surface area contributed by atoms with Crippen molar-refractivity contribution in [3.8, 4) is 0 Å². The van der Waals surface area contributed by atoms with Gasteiger partial charge in [-0.05, 0) is 103 Å². The van der Waals surface area contributed by atoms with E-state index in [2.05, 4.69) is 83.9 Å². The summed E-state index contributed by atoms with van der Waals surface area (Å²) >= 11 is 0. The summed E-state index contributed by atoms with van der Waals surface area (Å²) in [5.41, 5.74) is 0. The standard InChI is InChI=1S/2C13H24.C8H14/c2*1-4-6-8-10-12-13(3)11-9-7-5-2;1-3-5-7-8-6-4-2/h2*4-5,7,13H,1,6,8-12H2,2-3H3;3-4,6H,1,5,7-8H2,2H3. The normalized spacial score (nSPS) is 12.6.